The molecule has 4 aromatic rings. The molecule has 0 aliphatic carbocycles. The lowest BCUT2D eigenvalue weighted by Crippen LogP contribution is -2.01. The highest BCUT2D eigenvalue weighted by atomic mass is 16.5. The van der Waals surface area contributed by atoms with E-state index in [0.29, 0.717) is 22.6 Å². The summed E-state index contributed by atoms with van der Waals surface area (Å²) < 4.78 is 11.5. The van der Waals surface area contributed by atoms with Gasteiger partial charge in [0.25, 0.3) is 0 Å². The Hall–Kier alpha value is -3.85. The highest BCUT2D eigenvalue weighted by Crippen LogP contribution is 2.24. The van der Waals surface area contributed by atoms with Crippen molar-refractivity contribution in [2.75, 3.05) is 0 Å². The van der Waals surface area contributed by atoms with Crippen molar-refractivity contribution in [2.24, 2.45) is 0 Å². The summed E-state index contributed by atoms with van der Waals surface area (Å²) in [5.41, 5.74) is 1.22. The molecule has 0 unspecified atom stereocenters. The first kappa shape index (κ1) is 17.6. The maximum Gasteiger partial charge on any atom is 0.193 e. The van der Waals surface area contributed by atoms with Crippen molar-refractivity contribution in [3.8, 4) is 23.0 Å². The molecule has 0 aliphatic rings. The maximum atomic E-state index is 12.7. The fourth-order valence-electron chi connectivity index (χ4n) is 2.76. The van der Waals surface area contributed by atoms with E-state index in [1.54, 1.807) is 48.5 Å². The monoisotopic (exact) mass is 366 g/mol. The van der Waals surface area contributed by atoms with E-state index in [1.165, 1.54) is 0 Å². The highest BCUT2D eigenvalue weighted by molar-refractivity contribution is 6.09. The van der Waals surface area contributed by atoms with Crippen molar-refractivity contribution in [1.29, 1.82) is 0 Å². The Morgan fingerprint density at radius 3 is 1.11 bits per heavy atom. The Bertz CT molecular complexity index is 951. The third-order valence-electron chi connectivity index (χ3n) is 4.19. The fourth-order valence-corrected chi connectivity index (χ4v) is 2.76. The molecule has 136 valence electrons. The molecule has 0 bridgehead atoms. The second-order valence-corrected chi connectivity index (χ2v) is 6.21. The van der Waals surface area contributed by atoms with Crippen LogP contribution in [-0.4, -0.2) is 5.78 Å². The molecule has 0 radical (unpaired) electrons. The molecule has 3 heteroatoms. The van der Waals surface area contributed by atoms with Crippen LogP contribution in [0.15, 0.2) is 109 Å². The molecule has 4 aromatic carbocycles. The molecule has 0 aromatic heterocycles. The Morgan fingerprint density at radius 1 is 0.429 bits per heavy atom. The van der Waals surface area contributed by atoms with Crippen molar-refractivity contribution in [2.45, 2.75) is 0 Å². The summed E-state index contributed by atoms with van der Waals surface area (Å²) in [6, 6.07) is 33.4. The molecular weight excluding hydrogens is 348 g/mol. The van der Waals surface area contributed by atoms with Gasteiger partial charge in [-0.15, -0.1) is 0 Å². The zero-order chi connectivity index (χ0) is 19.2. The van der Waals surface area contributed by atoms with Crippen LogP contribution in [0.3, 0.4) is 0 Å². The molecule has 0 spiro atoms. The highest BCUT2D eigenvalue weighted by Gasteiger charge is 2.10. The molecular formula is C25H18O3. The Balaban J connectivity index is 1.44. The standard InChI is InChI=1S/C25H18O3/c26-25(19-11-15-23(16-12-19)27-21-7-3-1-4-8-21)20-13-17-24(18-14-20)28-22-9-5-2-6-10-22/h1-18H. The van der Waals surface area contributed by atoms with E-state index in [4.69, 9.17) is 9.47 Å². The number of ketones is 1. The molecule has 0 atom stereocenters. The molecule has 28 heavy (non-hydrogen) atoms. The molecule has 0 amide bonds. The average molecular weight is 366 g/mol. The maximum absolute atomic E-state index is 12.7. The number of carbonyl (C=O) groups excluding carboxylic acids is 1. The Labute approximate surface area is 163 Å². The van der Waals surface area contributed by atoms with Crippen molar-refractivity contribution < 1.29 is 14.3 Å². The first-order valence-corrected chi connectivity index (χ1v) is 8.98. The molecule has 0 saturated heterocycles. The minimum Gasteiger partial charge on any atom is -0.457 e. The van der Waals surface area contributed by atoms with Gasteiger partial charge in [0, 0.05) is 11.1 Å². The SMILES string of the molecule is O=C(c1ccc(Oc2ccccc2)cc1)c1ccc(Oc2ccccc2)cc1. The fraction of sp³-hybridized carbons (Fsp3) is 0. The van der Waals surface area contributed by atoms with Crippen LogP contribution in [0.1, 0.15) is 15.9 Å². The third-order valence-corrected chi connectivity index (χ3v) is 4.19. The van der Waals surface area contributed by atoms with E-state index in [0.717, 1.165) is 11.5 Å². The van der Waals surface area contributed by atoms with Gasteiger partial charge < -0.3 is 9.47 Å². The van der Waals surface area contributed by atoms with Crippen LogP contribution in [0.2, 0.25) is 0 Å². The molecule has 3 nitrogen and oxygen atoms in total. The molecule has 0 saturated carbocycles. The first-order chi connectivity index (χ1) is 13.8. The van der Waals surface area contributed by atoms with E-state index in [1.807, 2.05) is 60.7 Å². The molecule has 0 aliphatic heterocycles. The summed E-state index contributed by atoms with van der Waals surface area (Å²) in [5.74, 6) is 2.85. The molecule has 4 rings (SSSR count). The van der Waals surface area contributed by atoms with Crippen LogP contribution in [0.4, 0.5) is 0 Å². The minimum absolute atomic E-state index is 0.0440. The minimum atomic E-state index is -0.0440. The van der Waals surface area contributed by atoms with Crippen LogP contribution >= 0.6 is 0 Å². The van der Waals surface area contributed by atoms with Crippen molar-refractivity contribution >= 4 is 5.78 Å². The van der Waals surface area contributed by atoms with Crippen LogP contribution in [0, 0.1) is 0 Å². The Kier molecular flexibility index (Phi) is 5.16. The lowest BCUT2D eigenvalue weighted by atomic mass is 10.0. The molecule has 0 heterocycles. The summed E-state index contributed by atoms with van der Waals surface area (Å²) in [6.45, 7) is 0. The van der Waals surface area contributed by atoms with E-state index in [-0.39, 0.29) is 5.78 Å². The van der Waals surface area contributed by atoms with Gasteiger partial charge in [-0.3, -0.25) is 4.79 Å². The largest absolute Gasteiger partial charge is 0.457 e. The smallest absolute Gasteiger partial charge is 0.193 e. The predicted octanol–water partition coefficient (Wildman–Crippen LogP) is 6.50. The zero-order valence-electron chi connectivity index (χ0n) is 15.1. The zero-order valence-corrected chi connectivity index (χ0v) is 15.1. The summed E-state index contributed by atoms with van der Waals surface area (Å²) >= 11 is 0. The van der Waals surface area contributed by atoms with Gasteiger partial charge in [0.15, 0.2) is 5.78 Å². The average Bonchev–Trinajstić information content (AvgIpc) is 2.76. The van der Waals surface area contributed by atoms with Crippen molar-refractivity contribution in [3.05, 3.63) is 120 Å². The number of rotatable bonds is 6. The first-order valence-electron chi connectivity index (χ1n) is 8.98. The van der Waals surface area contributed by atoms with Crippen LogP contribution < -0.4 is 9.47 Å². The normalized spacial score (nSPS) is 10.3. The van der Waals surface area contributed by atoms with E-state index < -0.39 is 0 Å². The van der Waals surface area contributed by atoms with Crippen molar-refractivity contribution in [1.82, 2.24) is 0 Å². The summed E-state index contributed by atoms with van der Waals surface area (Å²) in [7, 11) is 0. The Morgan fingerprint density at radius 2 is 0.750 bits per heavy atom. The van der Waals surface area contributed by atoms with E-state index >= 15 is 0 Å². The summed E-state index contributed by atoms with van der Waals surface area (Å²) in [6.07, 6.45) is 0. The van der Waals surface area contributed by atoms with Gasteiger partial charge in [0.05, 0.1) is 0 Å². The number of benzene rings is 4. The van der Waals surface area contributed by atoms with Gasteiger partial charge in [0.2, 0.25) is 0 Å². The number of ether oxygens (including phenoxy) is 2. The van der Waals surface area contributed by atoms with Crippen LogP contribution in [0.25, 0.3) is 0 Å². The summed E-state index contributed by atoms with van der Waals surface area (Å²) in [5, 5.41) is 0. The lowest BCUT2D eigenvalue weighted by Gasteiger charge is -2.08. The quantitative estimate of drug-likeness (QED) is 0.365. The second kappa shape index (κ2) is 8.23. The van der Waals surface area contributed by atoms with E-state index in [2.05, 4.69) is 0 Å². The summed E-state index contributed by atoms with van der Waals surface area (Å²) in [4.78, 5) is 12.7. The van der Waals surface area contributed by atoms with Gasteiger partial charge in [-0.05, 0) is 72.8 Å². The topological polar surface area (TPSA) is 35.5 Å². The van der Waals surface area contributed by atoms with Gasteiger partial charge in [-0.25, -0.2) is 0 Å². The number of carbonyl (C=O) groups is 1. The third kappa shape index (κ3) is 4.27. The van der Waals surface area contributed by atoms with Gasteiger partial charge >= 0.3 is 0 Å². The molecule has 0 N–H and O–H groups in total. The number of hydrogen-bond acceptors (Lipinski definition) is 3. The van der Waals surface area contributed by atoms with Gasteiger partial charge in [-0.1, -0.05) is 36.4 Å². The predicted molar refractivity (Wildman–Crippen MR) is 109 cm³/mol. The lowest BCUT2D eigenvalue weighted by molar-refractivity contribution is 0.103. The second-order valence-electron chi connectivity index (χ2n) is 6.21. The van der Waals surface area contributed by atoms with Crippen LogP contribution in [-0.2, 0) is 0 Å². The molecule has 0 fully saturated rings. The van der Waals surface area contributed by atoms with E-state index in [9.17, 15) is 4.79 Å². The number of para-hydroxylation sites is 2. The van der Waals surface area contributed by atoms with Gasteiger partial charge in [-0.2, -0.15) is 0 Å². The number of hydrogen-bond donors (Lipinski definition) is 0. The van der Waals surface area contributed by atoms with Crippen molar-refractivity contribution in [3.63, 3.8) is 0 Å². The van der Waals surface area contributed by atoms with Crippen LogP contribution in [0.5, 0.6) is 23.0 Å². The van der Waals surface area contributed by atoms with Gasteiger partial charge in [0.1, 0.15) is 23.0 Å².